The summed E-state index contributed by atoms with van der Waals surface area (Å²) in [5.41, 5.74) is 2.55. The van der Waals surface area contributed by atoms with E-state index in [1.54, 1.807) is 36.4 Å². The number of nitrogens with zero attached hydrogens (tertiary/aromatic N) is 1. The quantitative estimate of drug-likeness (QED) is 0.399. The van der Waals surface area contributed by atoms with E-state index in [1.165, 1.54) is 26.2 Å². The second kappa shape index (κ2) is 8.43. The molecule has 0 radical (unpaired) electrons. The van der Waals surface area contributed by atoms with Gasteiger partial charge in [0.1, 0.15) is 5.75 Å². The van der Waals surface area contributed by atoms with Crippen molar-refractivity contribution < 1.29 is 24.2 Å². The van der Waals surface area contributed by atoms with Gasteiger partial charge in [-0.3, -0.25) is 15.0 Å². The van der Waals surface area contributed by atoms with Crippen molar-refractivity contribution in [3.05, 3.63) is 54.1 Å². The van der Waals surface area contributed by atoms with Gasteiger partial charge in [0.2, 0.25) is 0 Å². The van der Waals surface area contributed by atoms with Crippen LogP contribution in [0.4, 0.5) is 11.4 Å². The van der Waals surface area contributed by atoms with Crippen LogP contribution in [0.3, 0.4) is 0 Å². The van der Waals surface area contributed by atoms with Crippen LogP contribution in [0.1, 0.15) is 17.3 Å². The third kappa shape index (κ3) is 4.44. The second-order valence-electron chi connectivity index (χ2n) is 5.13. The summed E-state index contributed by atoms with van der Waals surface area (Å²) in [4.78, 5) is 35.4. The van der Waals surface area contributed by atoms with Gasteiger partial charge in [-0.15, -0.1) is 0 Å². The number of hydrogen-bond acceptors (Lipinski definition) is 6. The maximum Gasteiger partial charge on any atom is 0.337 e. The normalized spacial score (nSPS) is 10.8. The molecular weight excluding hydrogens is 338 g/mol. The van der Waals surface area contributed by atoms with Gasteiger partial charge in [-0.2, -0.15) is 5.10 Å². The van der Waals surface area contributed by atoms with Crippen molar-refractivity contribution in [2.75, 3.05) is 17.9 Å². The molecule has 8 heteroatoms. The molecule has 8 nitrogen and oxygen atoms in total. The average Bonchev–Trinajstić information content (AvgIpc) is 2.62. The molecule has 0 spiro atoms. The number of methoxy groups -OCH3 is 1. The van der Waals surface area contributed by atoms with Gasteiger partial charge in [0.05, 0.1) is 24.0 Å². The third-order valence-electron chi connectivity index (χ3n) is 3.35. The van der Waals surface area contributed by atoms with Crippen molar-refractivity contribution in [2.45, 2.75) is 6.92 Å². The second-order valence-corrected chi connectivity index (χ2v) is 5.13. The molecule has 0 heterocycles. The highest BCUT2D eigenvalue weighted by Gasteiger charge is 2.19. The lowest BCUT2D eigenvalue weighted by Crippen LogP contribution is -2.29. The Morgan fingerprint density at radius 3 is 2.23 bits per heavy atom. The zero-order chi connectivity index (χ0) is 19.1. The van der Waals surface area contributed by atoms with E-state index in [4.69, 9.17) is 9.84 Å². The molecule has 0 aliphatic carbocycles. The van der Waals surface area contributed by atoms with Crippen molar-refractivity contribution in [3.63, 3.8) is 0 Å². The lowest BCUT2D eigenvalue weighted by atomic mass is 10.2. The first-order valence-corrected chi connectivity index (χ1v) is 7.55. The molecule has 0 saturated heterocycles. The number of rotatable bonds is 7. The van der Waals surface area contributed by atoms with Gasteiger partial charge < -0.3 is 15.2 Å². The molecule has 0 saturated carbocycles. The predicted molar refractivity (Wildman–Crippen MR) is 96.8 cm³/mol. The van der Waals surface area contributed by atoms with Crippen molar-refractivity contribution in [1.82, 2.24) is 0 Å². The van der Waals surface area contributed by atoms with Crippen LogP contribution in [0.15, 0.2) is 53.6 Å². The fourth-order valence-corrected chi connectivity index (χ4v) is 2.10. The number of hydrazone groups is 1. The van der Waals surface area contributed by atoms with E-state index in [0.717, 1.165) is 0 Å². The fourth-order valence-electron chi connectivity index (χ4n) is 2.10. The molecular formula is C18H17N3O5. The Bertz CT molecular complexity index is 877. The molecule has 0 aliphatic heterocycles. The van der Waals surface area contributed by atoms with E-state index in [1.807, 2.05) is 0 Å². The number of aromatic carboxylic acids is 1. The van der Waals surface area contributed by atoms with Crippen LogP contribution in [-0.2, 0) is 9.59 Å². The summed E-state index contributed by atoms with van der Waals surface area (Å²) in [5, 5.41) is 15.5. The fraction of sp³-hybridized carbons (Fsp3) is 0.111. The van der Waals surface area contributed by atoms with Crippen molar-refractivity contribution in [2.24, 2.45) is 5.10 Å². The van der Waals surface area contributed by atoms with E-state index in [-0.39, 0.29) is 11.3 Å². The Hall–Kier alpha value is -3.68. The zero-order valence-electron chi connectivity index (χ0n) is 14.1. The van der Waals surface area contributed by atoms with Gasteiger partial charge >= 0.3 is 5.97 Å². The summed E-state index contributed by atoms with van der Waals surface area (Å²) in [6.45, 7) is 1.19. The van der Waals surface area contributed by atoms with Crippen LogP contribution in [-0.4, -0.2) is 35.6 Å². The Morgan fingerprint density at radius 2 is 1.62 bits per heavy atom. The van der Waals surface area contributed by atoms with Crippen LogP contribution >= 0.6 is 0 Å². The first kappa shape index (κ1) is 18.7. The topological polar surface area (TPSA) is 117 Å². The monoisotopic (exact) mass is 355 g/mol. The van der Waals surface area contributed by atoms with E-state index in [9.17, 15) is 14.4 Å². The molecule has 1 amide bonds. The average molecular weight is 355 g/mol. The third-order valence-corrected chi connectivity index (χ3v) is 3.35. The number of anilines is 2. The number of benzene rings is 2. The first-order chi connectivity index (χ1) is 12.4. The van der Waals surface area contributed by atoms with Crippen LogP contribution in [0.25, 0.3) is 0 Å². The number of nitrogens with one attached hydrogen (secondary N) is 2. The molecule has 0 bridgehead atoms. The van der Waals surface area contributed by atoms with Crippen molar-refractivity contribution in [1.29, 1.82) is 0 Å². The van der Waals surface area contributed by atoms with Crippen LogP contribution in [0.5, 0.6) is 5.75 Å². The summed E-state index contributed by atoms with van der Waals surface area (Å²) < 4.78 is 5.14. The van der Waals surface area contributed by atoms with Gasteiger partial charge in [-0.1, -0.05) is 24.3 Å². The number of carboxylic acid groups (broad SMARTS) is 1. The molecule has 26 heavy (non-hydrogen) atoms. The number of para-hydroxylation sites is 3. The minimum atomic E-state index is -1.16. The Balaban J connectivity index is 2.26. The highest BCUT2D eigenvalue weighted by Crippen LogP contribution is 2.23. The van der Waals surface area contributed by atoms with E-state index in [0.29, 0.717) is 11.4 Å². The number of carbonyl (C=O) groups is 3. The summed E-state index contributed by atoms with van der Waals surface area (Å²) in [7, 11) is 1.45. The SMILES string of the molecule is COc1ccccc1NC(=O)/C(=N\Nc1ccccc1C(=O)O)C(C)=O. The molecule has 0 aromatic heterocycles. The number of Topliss-reactive ketones (excluding diaryl/α,β-unsaturated/α-hetero) is 1. The number of carboxylic acids is 1. The molecule has 3 N–H and O–H groups in total. The Morgan fingerprint density at radius 1 is 1.00 bits per heavy atom. The van der Waals surface area contributed by atoms with E-state index < -0.39 is 23.4 Å². The minimum Gasteiger partial charge on any atom is -0.495 e. The molecule has 0 unspecified atom stereocenters. The van der Waals surface area contributed by atoms with Crippen LogP contribution in [0.2, 0.25) is 0 Å². The van der Waals surface area contributed by atoms with E-state index >= 15 is 0 Å². The smallest absolute Gasteiger partial charge is 0.337 e. The molecule has 2 aromatic rings. The molecule has 2 rings (SSSR count). The highest BCUT2D eigenvalue weighted by molar-refractivity contribution is 6.67. The molecule has 0 atom stereocenters. The van der Waals surface area contributed by atoms with Gasteiger partial charge in [-0.05, 0) is 24.3 Å². The predicted octanol–water partition coefficient (Wildman–Crippen LogP) is 2.39. The number of hydrogen-bond donors (Lipinski definition) is 3. The molecule has 0 fully saturated rings. The van der Waals surface area contributed by atoms with Crippen LogP contribution < -0.4 is 15.5 Å². The summed E-state index contributed by atoms with van der Waals surface area (Å²) in [6.07, 6.45) is 0. The summed E-state index contributed by atoms with van der Waals surface area (Å²) in [5.74, 6) is -2.07. The molecule has 0 aliphatic rings. The number of amides is 1. The van der Waals surface area contributed by atoms with Gasteiger partial charge in [0.25, 0.3) is 5.91 Å². The lowest BCUT2D eigenvalue weighted by molar-refractivity contribution is -0.114. The van der Waals surface area contributed by atoms with E-state index in [2.05, 4.69) is 15.8 Å². The number of carbonyl (C=O) groups excluding carboxylic acids is 2. The maximum atomic E-state index is 12.4. The van der Waals surface area contributed by atoms with Crippen molar-refractivity contribution in [3.8, 4) is 5.75 Å². The Labute approximate surface area is 149 Å². The minimum absolute atomic E-state index is 0.0377. The van der Waals surface area contributed by atoms with Crippen LogP contribution in [0, 0.1) is 0 Å². The highest BCUT2D eigenvalue weighted by atomic mass is 16.5. The zero-order valence-corrected chi connectivity index (χ0v) is 14.1. The maximum absolute atomic E-state index is 12.4. The number of ether oxygens (including phenoxy) is 1. The van der Waals surface area contributed by atoms with Gasteiger partial charge in [0, 0.05) is 6.92 Å². The van der Waals surface area contributed by atoms with Crippen molar-refractivity contribution >= 4 is 34.7 Å². The molecule has 134 valence electrons. The first-order valence-electron chi connectivity index (χ1n) is 7.55. The number of ketones is 1. The lowest BCUT2D eigenvalue weighted by Gasteiger charge is -2.10. The van der Waals surface area contributed by atoms with Gasteiger partial charge in [-0.25, -0.2) is 4.79 Å². The van der Waals surface area contributed by atoms with Gasteiger partial charge in [0.15, 0.2) is 11.5 Å². The molecule has 2 aromatic carbocycles. The summed E-state index contributed by atoms with van der Waals surface area (Å²) >= 11 is 0. The standard InChI is InChI=1S/C18H17N3O5/c1-11(22)16(17(23)19-14-9-5-6-10-15(14)26-2)21-20-13-8-4-3-7-12(13)18(24)25/h3-10,20H,1-2H3,(H,19,23)(H,24,25)/b21-16-. The largest absolute Gasteiger partial charge is 0.495 e. The summed E-state index contributed by atoms with van der Waals surface area (Å²) in [6, 6.07) is 12.7. The Kier molecular flexibility index (Phi) is 6.05.